The minimum Gasteiger partial charge on any atom is -0.475 e. The molecule has 33 heavy (non-hydrogen) atoms. The minimum atomic E-state index is -0.712. The number of imidazole rings is 1. The molecular formula is C21H23ClN8O3. The summed E-state index contributed by atoms with van der Waals surface area (Å²) in [5, 5.41) is 22.4. The van der Waals surface area contributed by atoms with E-state index in [1.54, 1.807) is 34.9 Å². The fraction of sp³-hybridized carbons (Fsp3) is 0.381. The number of rotatable bonds is 0. The van der Waals surface area contributed by atoms with Gasteiger partial charge in [-0.05, 0) is 24.5 Å². The van der Waals surface area contributed by atoms with Crippen molar-refractivity contribution in [1.29, 1.82) is 0 Å². The highest BCUT2D eigenvalue weighted by atomic mass is 35.5. The Morgan fingerprint density at radius 1 is 1.27 bits per heavy atom. The van der Waals surface area contributed by atoms with Crippen LogP contribution in [-0.4, -0.2) is 57.8 Å². The second-order valence-electron chi connectivity index (χ2n) is 8.37. The van der Waals surface area contributed by atoms with Gasteiger partial charge in [0, 0.05) is 26.2 Å². The molecule has 4 aromatic rings. The standard InChI is InChI=1S/C21H23ClN8O3/c1-11-4-13(31)10-33-20-14(7-23-29(20)3)15-5-12(6-17(22)24-15)19(32)26-21-25-16-9-28(2)27-18(16)30(21)8-11/h5-7,9,11,13,31H,4,8,10H2,1-3H3,(H,25,26,32)/t11-,13+/m1/s1. The van der Waals surface area contributed by atoms with Gasteiger partial charge in [-0.15, -0.1) is 0 Å². The van der Waals surface area contributed by atoms with E-state index >= 15 is 0 Å². The summed E-state index contributed by atoms with van der Waals surface area (Å²) in [6.07, 6.45) is 3.15. The quantitative estimate of drug-likeness (QED) is 0.377. The van der Waals surface area contributed by atoms with E-state index in [0.29, 0.717) is 52.8 Å². The number of anilines is 1. The number of aliphatic hydroxyl groups is 1. The number of pyridine rings is 1. The van der Waals surface area contributed by atoms with Crippen LogP contribution in [0, 0.1) is 5.92 Å². The molecule has 2 N–H and O–H groups in total. The molecule has 0 aromatic carbocycles. The van der Waals surface area contributed by atoms with E-state index in [4.69, 9.17) is 16.3 Å². The fourth-order valence-corrected chi connectivity index (χ4v) is 4.29. The number of aromatic nitrogens is 7. The SMILES string of the molecule is C[C@@H]1C[C@H](O)COc2c(cnn2C)-c2cc(cc(Cl)n2)C(=O)Nc2nc3cn(C)nc3n2C1. The summed E-state index contributed by atoms with van der Waals surface area (Å²) < 4.78 is 11.0. The van der Waals surface area contributed by atoms with E-state index < -0.39 is 6.10 Å². The van der Waals surface area contributed by atoms with Gasteiger partial charge >= 0.3 is 0 Å². The molecule has 1 amide bonds. The second-order valence-corrected chi connectivity index (χ2v) is 8.76. The van der Waals surface area contributed by atoms with E-state index in [9.17, 15) is 9.90 Å². The van der Waals surface area contributed by atoms with Crippen LogP contribution >= 0.6 is 11.6 Å². The molecule has 2 atom stereocenters. The molecule has 0 radical (unpaired) electrons. The Balaban J connectivity index is 1.62. The largest absolute Gasteiger partial charge is 0.475 e. The van der Waals surface area contributed by atoms with Crippen molar-refractivity contribution in [2.24, 2.45) is 20.0 Å². The lowest BCUT2D eigenvalue weighted by Gasteiger charge is -2.19. The van der Waals surface area contributed by atoms with Crippen molar-refractivity contribution < 1.29 is 14.6 Å². The molecule has 5 heterocycles. The van der Waals surface area contributed by atoms with Crippen molar-refractivity contribution in [3.63, 3.8) is 0 Å². The summed E-state index contributed by atoms with van der Waals surface area (Å²) in [4.78, 5) is 22.1. The molecule has 5 rings (SSSR count). The van der Waals surface area contributed by atoms with Gasteiger partial charge in [-0.3, -0.25) is 19.4 Å². The van der Waals surface area contributed by atoms with Crippen LogP contribution in [0.25, 0.3) is 22.4 Å². The Kier molecular flexibility index (Phi) is 5.29. The molecule has 0 spiro atoms. The van der Waals surface area contributed by atoms with Crippen molar-refractivity contribution in [3.05, 3.63) is 35.2 Å². The van der Waals surface area contributed by atoms with Gasteiger partial charge in [-0.1, -0.05) is 18.5 Å². The molecular weight excluding hydrogens is 448 g/mol. The van der Waals surface area contributed by atoms with Crippen molar-refractivity contribution >= 4 is 34.6 Å². The molecule has 2 bridgehead atoms. The van der Waals surface area contributed by atoms with Crippen LogP contribution in [-0.2, 0) is 20.6 Å². The summed E-state index contributed by atoms with van der Waals surface area (Å²) in [6.45, 7) is 2.60. The first-order valence-electron chi connectivity index (χ1n) is 10.5. The highest BCUT2D eigenvalue weighted by molar-refractivity contribution is 6.30. The number of nitrogens with one attached hydrogen (secondary N) is 1. The van der Waals surface area contributed by atoms with Crippen LogP contribution in [0.3, 0.4) is 0 Å². The third-order valence-corrected chi connectivity index (χ3v) is 5.75. The average Bonchev–Trinajstić information content (AvgIpc) is 3.38. The summed E-state index contributed by atoms with van der Waals surface area (Å²) in [7, 11) is 3.55. The van der Waals surface area contributed by atoms with Gasteiger partial charge in [-0.2, -0.15) is 10.2 Å². The van der Waals surface area contributed by atoms with E-state index in [-0.39, 0.29) is 23.6 Å². The van der Waals surface area contributed by atoms with Crippen LogP contribution in [0.15, 0.2) is 24.5 Å². The Labute approximate surface area is 194 Å². The van der Waals surface area contributed by atoms with E-state index in [0.717, 1.165) is 0 Å². The van der Waals surface area contributed by atoms with Gasteiger partial charge < -0.3 is 9.84 Å². The zero-order valence-corrected chi connectivity index (χ0v) is 19.1. The number of nitrogens with zero attached hydrogens (tertiary/aromatic N) is 7. The lowest BCUT2D eigenvalue weighted by molar-refractivity contribution is 0.0810. The first kappa shape index (κ1) is 21.4. The average molecular weight is 471 g/mol. The Morgan fingerprint density at radius 3 is 2.91 bits per heavy atom. The van der Waals surface area contributed by atoms with Crippen LogP contribution < -0.4 is 10.1 Å². The zero-order valence-electron chi connectivity index (χ0n) is 18.4. The van der Waals surface area contributed by atoms with Gasteiger partial charge in [0.15, 0.2) is 5.65 Å². The number of aliphatic hydroxyl groups excluding tert-OH is 1. The number of aryl methyl sites for hydroxylation is 2. The Hall–Kier alpha value is -3.44. The van der Waals surface area contributed by atoms with Crippen LogP contribution in [0.1, 0.15) is 23.7 Å². The van der Waals surface area contributed by atoms with Gasteiger partial charge in [-0.25, -0.2) is 14.6 Å². The summed E-state index contributed by atoms with van der Waals surface area (Å²) >= 11 is 6.25. The second kappa shape index (κ2) is 8.16. The smallest absolute Gasteiger partial charge is 0.258 e. The third-order valence-electron chi connectivity index (χ3n) is 5.55. The summed E-state index contributed by atoms with van der Waals surface area (Å²) in [5.41, 5.74) is 2.64. The lowest BCUT2D eigenvalue weighted by atomic mass is 10.0. The molecule has 0 saturated heterocycles. The molecule has 11 nitrogen and oxygen atoms in total. The highest BCUT2D eigenvalue weighted by Crippen LogP contribution is 2.31. The number of hydrogen-bond acceptors (Lipinski definition) is 7. The molecule has 1 aliphatic rings. The Morgan fingerprint density at radius 2 is 2.09 bits per heavy atom. The van der Waals surface area contributed by atoms with E-state index in [2.05, 4.69) is 25.5 Å². The van der Waals surface area contributed by atoms with E-state index in [1.807, 2.05) is 18.5 Å². The van der Waals surface area contributed by atoms with E-state index in [1.165, 1.54) is 6.07 Å². The maximum Gasteiger partial charge on any atom is 0.258 e. The van der Waals surface area contributed by atoms with Crippen LogP contribution in [0.4, 0.5) is 5.95 Å². The predicted octanol–water partition coefficient (Wildman–Crippen LogP) is 2.25. The first-order valence-corrected chi connectivity index (χ1v) is 10.9. The van der Waals surface area contributed by atoms with Crippen LogP contribution in [0.2, 0.25) is 5.15 Å². The number of fused-ring (bicyclic) bond motifs is 7. The Bertz CT molecular complexity index is 1360. The van der Waals surface area contributed by atoms with Crippen molar-refractivity contribution in [2.75, 3.05) is 11.9 Å². The molecule has 12 heteroatoms. The molecule has 172 valence electrons. The van der Waals surface area contributed by atoms with Gasteiger partial charge in [0.25, 0.3) is 5.91 Å². The number of carbonyl (C=O) groups is 1. The fourth-order valence-electron chi connectivity index (χ4n) is 4.09. The molecule has 0 unspecified atom stereocenters. The van der Waals surface area contributed by atoms with Gasteiger partial charge in [0.2, 0.25) is 11.8 Å². The topological polar surface area (TPSA) is 125 Å². The third kappa shape index (κ3) is 4.05. The van der Waals surface area contributed by atoms with Gasteiger partial charge in [0.1, 0.15) is 17.3 Å². The molecule has 4 aromatic heterocycles. The molecule has 1 aliphatic heterocycles. The predicted molar refractivity (Wildman–Crippen MR) is 121 cm³/mol. The molecule has 0 aliphatic carbocycles. The van der Waals surface area contributed by atoms with Crippen molar-refractivity contribution in [1.82, 2.24) is 34.1 Å². The maximum atomic E-state index is 13.2. The number of ether oxygens (including phenoxy) is 1. The number of hydrogen-bond donors (Lipinski definition) is 2. The van der Waals surface area contributed by atoms with Crippen molar-refractivity contribution in [2.45, 2.75) is 26.0 Å². The van der Waals surface area contributed by atoms with Gasteiger partial charge in [0.05, 0.1) is 29.8 Å². The molecule has 0 saturated carbocycles. The number of halogens is 1. The normalized spacial score (nSPS) is 19.2. The number of amides is 1. The maximum absolute atomic E-state index is 13.2. The van der Waals surface area contributed by atoms with Crippen molar-refractivity contribution in [3.8, 4) is 17.1 Å². The summed E-state index contributed by atoms with van der Waals surface area (Å²) in [6, 6.07) is 3.11. The molecule has 0 fully saturated rings. The highest BCUT2D eigenvalue weighted by Gasteiger charge is 2.23. The first-order chi connectivity index (χ1) is 15.8. The minimum absolute atomic E-state index is 0.0481. The monoisotopic (exact) mass is 470 g/mol. The van der Waals surface area contributed by atoms with Crippen LogP contribution in [0.5, 0.6) is 5.88 Å². The summed E-state index contributed by atoms with van der Waals surface area (Å²) in [5.74, 6) is 0.475. The number of carbonyl (C=O) groups excluding carboxylic acids is 1. The lowest BCUT2D eigenvalue weighted by Crippen LogP contribution is -2.24. The zero-order chi connectivity index (χ0) is 23.3.